The minimum atomic E-state index is -4.34. The van der Waals surface area contributed by atoms with Crippen molar-refractivity contribution in [1.29, 1.82) is 0 Å². The lowest BCUT2D eigenvalue weighted by Gasteiger charge is -2.17. The number of H-pyrrole nitrogens is 1. The Labute approximate surface area is 178 Å². The molecule has 0 aliphatic rings. The number of halogens is 1. The largest absolute Gasteiger partial charge is 0.364 e. The smallest absolute Gasteiger partial charge is 0.321 e. The maximum atomic E-state index is 12.6. The average molecular weight is 471 g/mol. The first kappa shape index (κ1) is 22.7. The molecule has 0 saturated heterocycles. The molecule has 160 valence electrons. The molecule has 4 N–H and O–H groups in total. The summed E-state index contributed by atoms with van der Waals surface area (Å²) in [7, 11) is -8.17. The molecule has 0 bridgehead atoms. The van der Waals surface area contributed by atoms with Crippen LogP contribution in [0.4, 0.5) is 0 Å². The van der Waals surface area contributed by atoms with Crippen molar-refractivity contribution < 1.29 is 22.4 Å². The highest BCUT2D eigenvalue weighted by Gasteiger charge is 2.29. The summed E-state index contributed by atoms with van der Waals surface area (Å²) in [6, 6.07) is 10.2. The number of benzene rings is 2. The van der Waals surface area contributed by atoms with E-state index in [2.05, 4.69) is 4.98 Å². The van der Waals surface area contributed by atoms with Crippen molar-refractivity contribution in [1.82, 2.24) is 4.98 Å². The zero-order valence-electron chi connectivity index (χ0n) is 16.1. The number of sulfonamides is 1. The molecule has 0 aliphatic carbocycles. The number of pyridine rings is 1. The third-order valence-corrected chi connectivity index (χ3v) is 7.44. The molecule has 0 saturated carbocycles. The molecule has 3 rings (SSSR count). The van der Waals surface area contributed by atoms with Gasteiger partial charge in [0, 0.05) is 11.1 Å². The standard InChI is InChI=1S/C19H20ClN2O6PS/c1-3-11(2)28-29(24,25)18-9-13-8-15(16(20)10-17(13)22-19(18)23)12-4-6-14(7-5-12)30(21,26)27/h4-11H,3H2,1-2H3,(H,22,23)(H,24,25)(H2,21,26,27). The predicted octanol–water partition coefficient (Wildman–Crippen LogP) is 3.12. The van der Waals surface area contributed by atoms with Crippen molar-refractivity contribution in [2.45, 2.75) is 31.3 Å². The van der Waals surface area contributed by atoms with E-state index in [0.29, 0.717) is 33.5 Å². The molecule has 0 aliphatic heterocycles. The fraction of sp³-hybridized carbons (Fsp3) is 0.211. The van der Waals surface area contributed by atoms with Crippen LogP contribution in [0.15, 0.2) is 52.2 Å². The van der Waals surface area contributed by atoms with Crippen LogP contribution in [0.1, 0.15) is 20.3 Å². The molecular formula is C19H20ClN2O6PS. The Balaban J connectivity index is 2.13. The summed E-state index contributed by atoms with van der Waals surface area (Å²) >= 11 is 6.34. The number of fused-ring (bicyclic) bond motifs is 1. The van der Waals surface area contributed by atoms with Gasteiger partial charge < -0.3 is 14.4 Å². The molecule has 3 aromatic rings. The third kappa shape index (κ3) is 4.67. The highest BCUT2D eigenvalue weighted by molar-refractivity contribution is 7.89. The van der Waals surface area contributed by atoms with Gasteiger partial charge in [-0.2, -0.15) is 0 Å². The van der Waals surface area contributed by atoms with Gasteiger partial charge in [0.15, 0.2) is 0 Å². The molecule has 11 heteroatoms. The number of nitrogens with one attached hydrogen (secondary N) is 1. The highest BCUT2D eigenvalue weighted by Crippen LogP contribution is 2.42. The summed E-state index contributed by atoms with van der Waals surface area (Å²) in [5, 5.41) is 5.51. The number of primary sulfonamides is 1. The molecule has 30 heavy (non-hydrogen) atoms. The van der Waals surface area contributed by atoms with Gasteiger partial charge in [-0.3, -0.25) is 9.36 Å². The van der Waals surface area contributed by atoms with Gasteiger partial charge in [-0.15, -0.1) is 0 Å². The molecule has 0 amide bonds. The number of aromatic amines is 1. The number of hydrogen-bond donors (Lipinski definition) is 3. The van der Waals surface area contributed by atoms with Crippen LogP contribution in [0.3, 0.4) is 0 Å². The third-order valence-electron chi connectivity index (χ3n) is 4.61. The van der Waals surface area contributed by atoms with Crippen molar-refractivity contribution >= 4 is 45.4 Å². The van der Waals surface area contributed by atoms with Crippen LogP contribution in [0, 0.1) is 0 Å². The second kappa shape index (κ2) is 8.26. The first-order chi connectivity index (χ1) is 13.9. The first-order valence-corrected chi connectivity index (χ1v) is 12.4. The molecule has 2 aromatic carbocycles. The molecule has 1 aromatic heterocycles. The van der Waals surface area contributed by atoms with E-state index in [1.54, 1.807) is 32.0 Å². The molecule has 2 unspecified atom stereocenters. The van der Waals surface area contributed by atoms with Gasteiger partial charge in [-0.25, -0.2) is 13.6 Å². The molecule has 0 fully saturated rings. The Morgan fingerprint density at radius 2 is 1.87 bits per heavy atom. The van der Waals surface area contributed by atoms with Crippen molar-refractivity contribution in [3.05, 3.63) is 57.8 Å². The molecule has 2 atom stereocenters. The lowest BCUT2D eigenvalue weighted by molar-refractivity contribution is 0.192. The quantitative estimate of drug-likeness (QED) is 0.473. The summed E-state index contributed by atoms with van der Waals surface area (Å²) in [5.41, 5.74) is 0.781. The predicted molar refractivity (Wildman–Crippen MR) is 117 cm³/mol. The molecule has 1 heterocycles. The minimum absolute atomic E-state index is 0.0433. The van der Waals surface area contributed by atoms with Gasteiger partial charge in [-0.05, 0) is 54.6 Å². The second-order valence-corrected chi connectivity index (χ2v) is 10.5. The lowest BCUT2D eigenvalue weighted by atomic mass is 10.0. The number of nitrogens with two attached hydrogens (primary N) is 1. The van der Waals surface area contributed by atoms with Crippen LogP contribution in [0.5, 0.6) is 0 Å². The van der Waals surface area contributed by atoms with Crippen molar-refractivity contribution in [2.24, 2.45) is 5.14 Å². The van der Waals surface area contributed by atoms with E-state index in [-0.39, 0.29) is 10.2 Å². The van der Waals surface area contributed by atoms with Crippen LogP contribution >= 0.6 is 19.2 Å². The normalized spacial score (nSPS) is 15.1. The first-order valence-electron chi connectivity index (χ1n) is 8.94. The van der Waals surface area contributed by atoms with Crippen LogP contribution in [-0.4, -0.2) is 24.4 Å². The van der Waals surface area contributed by atoms with Crippen molar-refractivity contribution in [3.63, 3.8) is 0 Å². The Bertz CT molecular complexity index is 1320. The Hall–Kier alpha value is -2.00. The summed E-state index contributed by atoms with van der Waals surface area (Å²) < 4.78 is 40.7. The molecule has 0 radical (unpaired) electrons. The van der Waals surface area contributed by atoms with E-state index in [1.807, 2.05) is 0 Å². The number of aromatic nitrogens is 1. The average Bonchev–Trinajstić information content (AvgIpc) is 2.66. The summed E-state index contributed by atoms with van der Waals surface area (Å²) in [4.78, 5) is 25.2. The van der Waals surface area contributed by atoms with Crippen molar-refractivity contribution in [3.8, 4) is 11.1 Å². The molecular weight excluding hydrogens is 451 g/mol. The van der Waals surface area contributed by atoms with E-state index < -0.39 is 29.3 Å². The Kier molecular flexibility index (Phi) is 6.25. The van der Waals surface area contributed by atoms with Crippen molar-refractivity contribution in [2.75, 3.05) is 0 Å². The summed E-state index contributed by atoms with van der Waals surface area (Å²) in [6.45, 7) is 3.44. The van der Waals surface area contributed by atoms with Gasteiger partial charge >= 0.3 is 7.60 Å². The maximum Gasteiger partial charge on any atom is 0.364 e. The second-order valence-electron chi connectivity index (χ2n) is 6.82. The van der Waals surface area contributed by atoms with Crippen LogP contribution < -0.4 is 16.0 Å². The zero-order valence-corrected chi connectivity index (χ0v) is 18.6. The Morgan fingerprint density at radius 3 is 2.43 bits per heavy atom. The highest BCUT2D eigenvalue weighted by atomic mass is 35.5. The number of hydrogen-bond acceptors (Lipinski definition) is 5. The van der Waals surface area contributed by atoms with Crippen LogP contribution in [0.25, 0.3) is 22.0 Å². The SMILES string of the molecule is CCC(C)OP(=O)(O)c1cc2cc(-c3ccc(S(N)(=O)=O)cc3)c(Cl)cc2[nH]c1=O. The van der Waals surface area contributed by atoms with Crippen LogP contribution in [-0.2, 0) is 19.1 Å². The zero-order chi connectivity index (χ0) is 22.3. The van der Waals surface area contributed by atoms with E-state index in [1.165, 1.54) is 24.3 Å². The van der Waals surface area contributed by atoms with Gasteiger partial charge in [0.1, 0.15) is 5.30 Å². The molecule has 8 nitrogen and oxygen atoms in total. The summed E-state index contributed by atoms with van der Waals surface area (Å²) in [6.07, 6.45) is -0.00124. The van der Waals surface area contributed by atoms with Crippen LogP contribution in [0.2, 0.25) is 5.02 Å². The Morgan fingerprint density at radius 1 is 1.23 bits per heavy atom. The van der Waals surface area contributed by atoms with E-state index >= 15 is 0 Å². The molecule has 0 spiro atoms. The minimum Gasteiger partial charge on any atom is -0.321 e. The van der Waals surface area contributed by atoms with Gasteiger partial charge in [0.2, 0.25) is 10.0 Å². The van der Waals surface area contributed by atoms with Gasteiger partial charge in [0.25, 0.3) is 5.56 Å². The fourth-order valence-corrected chi connectivity index (χ4v) is 5.00. The van der Waals surface area contributed by atoms with E-state index in [9.17, 15) is 22.7 Å². The monoisotopic (exact) mass is 470 g/mol. The van der Waals surface area contributed by atoms with Gasteiger partial charge in [0.05, 0.1) is 16.0 Å². The lowest BCUT2D eigenvalue weighted by Crippen LogP contribution is -2.29. The van der Waals surface area contributed by atoms with Gasteiger partial charge in [-0.1, -0.05) is 30.7 Å². The summed E-state index contributed by atoms with van der Waals surface area (Å²) in [5.74, 6) is 0. The maximum absolute atomic E-state index is 12.6. The number of rotatable bonds is 6. The fourth-order valence-electron chi connectivity index (χ4n) is 2.85. The van der Waals surface area contributed by atoms with E-state index in [4.69, 9.17) is 21.3 Å². The topological polar surface area (TPSA) is 140 Å². The van der Waals surface area contributed by atoms with E-state index in [0.717, 1.165) is 0 Å².